The summed E-state index contributed by atoms with van der Waals surface area (Å²) in [5.74, 6) is 0.297. The van der Waals surface area contributed by atoms with Crippen molar-refractivity contribution in [2.75, 3.05) is 19.8 Å². The van der Waals surface area contributed by atoms with Gasteiger partial charge in [-0.15, -0.1) is 11.6 Å². The predicted molar refractivity (Wildman–Crippen MR) is 67.7 cm³/mol. The summed E-state index contributed by atoms with van der Waals surface area (Å²) in [4.78, 5) is 0. The Balaban J connectivity index is 1.84. The topological polar surface area (TPSA) is 55.4 Å². The lowest BCUT2D eigenvalue weighted by Gasteiger charge is -2.23. The first-order valence-corrected chi connectivity index (χ1v) is 8.28. The zero-order chi connectivity index (χ0) is 12.3. The Kier molecular flexibility index (Phi) is 4.69. The standard InChI is InChI=1S/C11H20ClNO3S/c12-11-3-1-2-9(11)8-13-17(14,15)10-4-6-16-7-5-10/h9-11,13H,1-8H2. The first kappa shape index (κ1) is 13.6. The number of sulfonamides is 1. The number of hydrogen-bond acceptors (Lipinski definition) is 3. The van der Waals surface area contributed by atoms with Crippen LogP contribution in [-0.2, 0) is 14.8 Å². The van der Waals surface area contributed by atoms with Gasteiger partial charge in [0.2, 0.25) is 10.0 Å². The molecule has 1 aliphatic heterocycles. The van der Waals surface area contributed by atoms with E-state index in [1.165, 1.54) is 0 Å². The highest BCUT2D eigenvalue weighted by molar-refractivity contribution is 7.90. The fraction of sp³-hybridized carbons (Fsp3) is 1.00. The molecule has 2 fully saturated rings. The van der Waals surface area contributed by atoms with Gasteiger partial charge in [-0.2, -0.15) is 0 Å². The maximum atomic E-state index is 12.0. The summed E-state index contributed by atoms with van der Waals surface area (Å²) in [7, 11) is -3.18. The number of nitrogens with one attached hydrogen (secondary N) is 1. The monoisotopic (exact) mass is 281 g/mol. The van der Waals surface area contributed by atoms with Gasteiger partial charge < -0.3 is 4.74 Å². The minimum absolute atomic E-state index is 0.132. The minimum Gasteiger partial charge on any atom is -0.381 e. The van der Waals surface area contributed by atoms with Gasteiger partial charge >= 0.3 is 0 Å². The molecular formula is C11H20ClNO3S. The quantitative estimate of drug-likeness (QED) is 0.795. The Morgan fingerprint density at radius 2 is 1.88 bits per heavy atom. The van der Waals surface area contributed by atoms with E-state index in [1.54, 1.807) is 0 Å². The Bertz CT molecular complexity index is 341. The van der Waals surface area contributed by atoms with Gasteiger partial charge in [0.25, 0.3) is 0 Å². The molecule has 0 aromatic carbocycles. The molecule has 100 valence electrons. The lowest BCUT2D eigenvalue weighted by molar-refractivity contribution is 0.0981. The van der Waals surface area contributed by atoms with Gasteiger partial charge in [-0.1, -0.05) is 6.42 Å². The number of rotatable bonds is 4. The zero-order valence-corrected chi connectivity index (χ0v) is 11.5. The Hall–Kier alpha value is 0.160. The van der Waals surface area contributed by atoms with Crippen LogP contribution in [0.2, 0.25) is 0 Å². The van der Waals surface area contributed by atoms with Crippen LogP contribution in [0.5, 0.6) is 0 Å². The lowest BCUT2D eigenvalue weighted by atomic mass is 10.1. The van der Waals surface area contributed by atoms with Crippen molar-refractivity contribution in [3.63, 3.8) is 0 Å². The highest BCUT2D eigenvalue weighted by Crippen LogP contribution is 2.29. The maximum Gasteiger partial charge on any atom is 0.214 e. The van der Waals surface area contributed by atoms with Crippen LogP contribution >= 0.6 is 11.6 Å². The van der Waals surface area contributed by atoms with Crippen molar-refractivity contribution in [2.24, 2.45) is 5.92 Å². The van der Waals surface area contributed by atoms with Crippen molar-refractivity contribution < 1.29 is 13.2 Å². The molecule has 2 atom stereocenters. The molecule has 0 amide bonds. The van der Waals surface area contributed by atoms with Crippen LogP contribution < -0.4 is 4.72 Å². The molecule has 0 bridgehead atoms. The molecule has 0 aromatic rings. The van der Waals surface area contributed by atoms with Gasteiger partial charge in [-0.25, -0.2) is 13.1 Å². The SMILES string of the molecule is O=S(=O)(NCC1CCCC1Cl)C1CCOCC1. The summed E-state index contributed by atoms with van der Waals surface area (Å²) in [5.41, 5.74) is 0. The third kappa shape index (κ3) is 3.56. The largest absolute Gasteiger partial charge is 0.381 e. The van der Waals surface area contributed by atoms with Crippen LogP contribution in [0, 0.1) is 5.92 Å². The molecule has 6 heteroatoms. The molecule has 0 spiro atoms. The van der Waals surface area contributed by atoms with Crippen LogP contribution in [-0.4, -0.2) is 38.8 Å². The lowest BCUT2D eigenvalue weighted by Crippen LogP contribution is -2.40. The number of halogens is 1. The van der Waals surface area contributed by atoms with E-state index >= 15 is 0 Å². The fourth-order valence-corrected chi connectivity index (χ4v) is 4.41. The molecular weight excluding hydrogens is 262 g/mol. The summed E-state index contributed by atoms with van der Waals surface area (Å²) in [6, 6.07) is 0. The molecule has 0 radical (unpaired) electrons. The van der Waals surface area contributed by atoms with Crippen molar-refractivity contribution in [3.05, 3.63) is 0 Å². The second-order valence-corrected chi connectivity index (χ2v) is 7.52. The Labute approximate surface area is 108 Å². The molecule has 0 aromatic heterocycles. The fourth-order valence-electron chi connectivity index (χ4n) is 2.55. The molecule has 1 N–H and O–H groups in total. The average Bonchev–Trinajstić information content (AvgIpc) is 2.74. The predicted octanol–water partition coefficient (Wildman–Crippen LogP) is 1.49. The number of hydrogen-bond donors (Lipinski definition) is 1. The molecule has 2 aliphatic rings. The summed E-state index contributed by atoms with van der Waals surface area (Å²) in [5, 5.41) is -0.154. The van der Waals surface area contributed by atoms with E-state index in [0.29, 0.717) is 38.5 Å². The van der Waals surface area contributed by atoms with Crippen molar-refractivity contribution >= 4 is 21.6 Å². The summed E-state index contributed by atoms with van der Waals surface area (Å²) < 4.78 is 32.0. The second-order valence-electron chi connectivity index (χ2n) is 4.91. The first-order chi connectivity index (χ1) is 8.09. The van der Waals surface area contributed by atoms with Crippen LogP contribution in [0.1, 0.15) is 32.1 Å². The van der Waals surface area contributed by atoms with Crippen LogP contribution in [0.3, 0.4) is 0 Å². The van der Waals surface area contributed by atoms with Gasteiger partial charge in [0.15, 0.2) is 0 Å². The summed E-state index contributed by atoms with van der Waals surface area (Å²) >= 11 is 6.14. The maximum absolute atomic E-state index is 12.0. The van der Waals surface area contributed by atoms with Crippen molar-refractivity contribution in [1.29, 1.82) is 0 Å². The molecule has 2 rings (SSSR count). The van der Waals surface area contributed by atoms with Gasteiger partial charge in [0.1, 0.15) is 0 Å². The highest BCUT2D eigenvalue weighted by atomic mass is 35.5. The molecule has 1 heterocycles. The van der Waals surface area contributed by atoms with E-state index in [2.05, 4.69) is 4.72 Å². The van der Waals surface area contributed by atoms with E-state index in [9.17, 15) is 8.42 Å². The van der Waals surface area contributed by atoms with Gasteiger partial charge in [0, 0.05) is 25.1 Å². The Morgan fingerprint density at radius 3 is 2.47 bits per heavy atom. The van der Waals surface area contributed by atoms with Crippen molar-refractivity contribution in [1.82, 2.24) is 4.72 Å². The number of ether oxygens (including phenoxy) is 1. The van der Waals surface area contributed by atoms with Crippen molar-refractivity contribution in [3.8, 4) is 0 Å². The Morgan fingerprint density at radius 1 is 1.18 bits per heavy atom. The third-order valence-corrected chi connectivity index (χ3v) is 6.21. The average molecular weight is 282 g/mol. The molecule has 1 aliphatic carbocycles. The van der Waals surface area contributed by atoms with Crippen LogP contribution in [0.4, 0.5) is 0 Å². The summed E-state index contributed by atoms with van der Waals surface area (Å²) in [6.45, 7) is 1.59. The third-order valence-electron chi connectivity index (χ3n) is 3.72. The zero-order valence-electron chi connectivity index (χ0n) is 9.90. The van der Waals surface area contributed by atoms with Crippen LogP contribution in [0.25, 0.3) is 0 Å². The molecule has 4 nitrogen and oxygen atoms in total. The van der Waals surface area contributed by atoms with Crippen LogP contribution in [0.15, 0.2) is 0 Å². The smallest absolute Gasteiger partial charge is 0.214 e. The second kappa shape index (κ2) is 5.87. The van der Waals surface area contributed by atoms with E-state index in [4.69, 9.17) is 16.3 Å². The normalized spacial score (nSPS) is 31.8. The molecule has 1 saturated heterocycles. The van der Waals surface area contributed by atoms with E-state index < -0.39 is 10.0 Å². The van der Waals surface area contributed by atoms with E-state index in [-0.39, 0.29) is 10.6 Å². The summed E-state index contributed by atoms with van der Waals surface area (Å²) in [6.07, 6.45) is 4.35. The van der Waals surface area contributed by atoms with E-state index in [0.717, 1.165) is 19.3 Å². The minimum atomic E-state index is -3.18. The van der Waals surface area contributed by atoms with Crippen molar-refractivity contribution in [2.45, 2.75) is 42.7 Å². The van der Waals surface area contributed by atoms with Gasteiger partial charge in [-0.3, -0.25) is 0 Å². The first-order valence-electron chi connectivity index (χ1n) is 6.30. The number of alkyl halides is 1. The molecule has 2 unspecified atom stereocenters. The molecule has 17 heavy (non-hydrogen) atoms. The highest BCUT2D eigenvalue weighted by Gasteiger charge is 2.30. The van der Waals surface area contributed by atoms with E-state index in [1.807, 2.05) is 0 Å². The van der Waals surface area contributed by atoms with Gasteiger partial charge in [0.05, 0.1) is 5.25 Å². The molecule has 1 saturated carbocycles. The van der Waals surface area contributed by atoms with Gasteiger partial charge in [-0.05, 0) is 31.6 Å².